The van der Waals surface area contributed by atoms with Crippen LogP contribution in [0.15, 0.2) is 24.3 Å². The highest BCUT2D eigenvalue weighted by Crippen LogP contribution is 2.28. The fraction of sp³-hybridized carbons (Fsp3) is 0.529. The summed E-state index contributed by atoms with van der Waals surface area (Å²) in [5, 5.41) is 0. The van der Waals surface area contributed by atoms with E-state index >= 15 is 0 Å². The minimum absolute atomic E-state index is 0.211. The van der Waals surface area contributed by atoms with Crippen molar-refractivity contribution in [1.29, 1.82) is 0 Å². The summed E-state index contributed by atoms with van der Waals surface area (Å²) in [5.74, 6) is 1.39. The molecule has 2 rings (SSSR count). The minimum atomic E-state index is -0.434. The number of nitrogens with zero attached hydrogens (tertiary/aromatic N) is 1. The molecule has 0 aliphatic carbocycles. The molecule has 0 aromatic heterocycles. The Balaban J connectivity index is 1.92. The van der Waals surface area contributed by atoms with Gasteiger partial charge in [-0.25, -0.2) is 4.79 Å². The van der Waals surface area contributed by atoms with Crippen molar-refractivity contribution in [3.05, 3.63) is 41.3 Å². The zero-order valence-electron chi connectivity index (χ0n) is 13.2. The summed E-state index contributed by atoms with van der Waals surface area (Å²) in [7, 11) is 0. The van der Waals surface area contributed by atoms with Crippen molar-refractivity contribution in [3.8, 4) is 0 Å². The molecule has 4 heteroatoms. The van der Waals surface area contributed by atoms with Gasteiger partial charge in [-0.15, -0.1) is 0 Å². The maximum absolute atomic E-state index is 12.0. The number of rotatable bonds is 2. The van der Waals surface area contributed by atoms with E-state index in [0.29, 0.717) is 6.54 Å². The molecule has 1 aromatic carbocycles. The molecule has 0 bridgehead atoms. The van der Waals surface area contributed by atoms with Crippen LogP contribution in [-0.2, 0) is 11.3 Å². The molecule has 1 saturated heterocycles. The van der Waals surface area contributed by atoms with Crippen molar-refractivity contribution < 1.29 is 9.53 Å². The summed E-state index contributed by atoms with van der Waals surface area (Å²) in [6, 6.07) is 8.36. The number of benzene rings is 1. The number of amides is 1. The largest absolute Gasteiger partial charge is 0.444 e. The summed E-state index contributed by atoms with van der Waals surface area (Å²) in [6.07, 6.45) is 1.58. The second-order valence-corrected chi connectivity index (χ2v) is 6.48. The summed E-state index contributed by atoms with van der Waals surface area (Å²) in [5.41, 5.74) is 7.66. The fourth-order valence-corrected chi connectivity index (χ4v) is 2.49. The first-order valence-electron chi connectivity index (χ1n) is 7.51. The maximum Gasteiger partial charge on any atom is 0.410 e. The van der Waals surface area contributed by atoms with Gasteiger partial charge in [0, 0.05) is 25.6 Å². The van der Waals surface area contributed by atoms with E-state index in [1.807, 2.05) is 32.9 Å². The van der Waals surface area contributed by atoms with Crippen LogP contribution in [0, 0.1) is 5.92 Å². The lowest BCUT2D eigenvalue weighted by atomic mass is 9.89. The van der Waals surface area contributed by atoms with E-state index < -0.39 is 5.60 Å². The first kappa shape index (κ1) is 15.8. The van der Waals surface area contributed by atoms with Crippen molar-refractivity contribution in [2.45, 2.75) is 45.8 Å². The predicted octanol–water partition coefficient (Wildman–Crippen LogP) is 3.10. The Hall–Kier alpha value is -1.55. The minimum Gasteiger partial charge on any atom is -0.444 e. The number of hydrogen-bond acceptors (Lipinski definition) is 3. The van der Waals surface area contributed by atoms with Gasteiger partial charge in [0.05, 0.1) is 0 Å². The number of likely N-dealkylation sites (tertiary alicyclic amines) is 1. The van der Waals surface area contributed by atoms with Crippen LogP contribution in [-0.4, -0.2) is 29.7 Å². The third-order valence-electron chi connectivity index (χ3n) is 3.59. The smallest absolute Gasteiger partial charge is 0.410 e. The molecular formula is C17H25N2O2. The van der Waals surface area contributed by atoms with Gasteiger partial charge in [-0.3, -0.25) is 0 Å². The van der Waals surface area contributed by atoms with Crippen LogP contribution in [0.2, 0.25) is 0 Å². The predicted molar refractivity (Wildman–Crippen MR) is 83.7 cm³/mol. The molecule has 21 heavy (non-hydrogen) atoms. The zero-order valence-corrected chi connectivity index (χ0v) is 13.2. The number of carbonyl (C=O) groups excluding carboxylic acids is 1. The van der Waals surface area contributed by atoms with E-state index in [1.165, 1.54) is 11.5 Å². The number of piperidine rings is 1. The molecule has 0 saturated carbocycles. The first-order valence-corrected chi connectivity index (χ1v) is 7.51. The molecule has 4 nitrogen and oxygen atoms in total. The molecule has 1 aromatic rings. The number of carbonyl (C=O) groups is 1. The van der Waals surface area contributed by atoms with Gasteiger partial charge in [0.15, 0.2) is 0 Å². The second-order valence-electron chi connectivity index (χ2n) is 6.48. The molecule has 1 radical (unpaired) electrons. The van der Waals surface area contributed by atoms with E-state index in [2.05, 4.69) is 12.1 Å². The van der Waals surface area contributed by atoms with Crippen molar-refractivity contribution in [1.82, 2.24) is 4.90 Å². The number of nitrogens with two attached hydrogens (primary N) is 1. The summed E-state index contributed by atoms with van der Waals surface area (Å²) in [6.45, 7) is 7.68. The highest BCUT2D eigenvalue weighted by atomic mass is 16.6. The third kappa shape index (κ3) is 4.46. The van der Waals surface area contributed by atoms with Gasteiger partial charge in [-0.1, -0.05) is 24.3 Å². The molecule has 1 fully saturated rings. The topological polar surface area (TPSA) is 55.6 Å². The Labute approximate surface area is 127 Å². The van der Waals surface area contributed by atoms with E-state index in [-0.39, 0.29) is 6.09 Å². The zero-order chi connectivity index (χ0) is 15.5. The Kier molecular flexibility index (Phi) is 4.88. The van der Waals surface area contributed by atoms with Crippen molar-refractivity contribution in [3.63, 3.8) is 0 Å². The number of hydrogen-bond donors (Lipinski definition) is 1. The summed E-state index contributed by atoms with van der Waals surface area (Å²) < 4.78 is 5.42. The molecular weight excluding hydrogens is 264 g/mol. The Morgan fingerprint density at radius 2 is 1.95 bits per heavy atom. The van der Waals surface area contributed by atoms with Crippen LogP contribution >= 0.6 is 0 Å². The normalized spacial score (nSPS) is 16.9. The van der Waals surface area contributed by atoms with Gasteiger partial charge in [-0.05, 0) is 44.7 Å². The molecule has 0 unspecified atom stereocenters. The average molecular weight is 289 g/mol. The fourth-order valence-electron chi connectivity index (χ4n) is 2.49. The van der Waals surface area contributed by atoms with E-state index in [0.717, 1.165) is 31.5 Å². The van der Waals surface area contributed by atoms with Crippen molar-refractivity contribution >= 4 is 6.09 Å². The van der Waals surface area contributed by atoms with Crippen LogP contribution in [0.1, 0.15) is 44.7 Å². The Morgan fingerprint density at radius 1 is 1.29 bits per heavy atom. The lowest BCUT2D eigenvalue weighted by Crippen LogP contribution is -2.41. The average Bonchev–Trinajstić information content (AvgIpc) is 2.46. The Morgan fingerprint density at radius 3 is 2.52 bits per heavy atom. The van der Waals surface area contributed by atoms with Crippen LogP contribution < -0.4 is 5.73 Å². The quantitative estimate of drug-likeness (QED) is 0.910. The lowest BCUT2D eigenvalue weighted by Gasteiger charge is -2.33. The van der Waals surface area contributed by atoms with Crippen LogP contribution in [0.25, 0.3) is 0 Å². The van der Waals surface area contributed by atoms with Gasteiger partial charge in [-0.2, -0.15) is 0 Å². The van der Waals surface area contributed by atoms with Gasteiger partial charge < -0.3 is 15.4 Å². The number of ether oxygens (including phenoxy) is 1. The molecule has 2 N–H and O–H groups in total. The summed E-state index contributed by atoms with van der Waals surface area (Å²) in [4.78, 5) is 13.8. The molecule has 1 amide bonds. The van der Waals surface area contributed by atoms with Gasteiger partial charge in [0.25, 0.3) is 0 Å². The SMILES string of the molecule is CC(C)(C)OC(=O)N1CC[C](c2cccc(CN)c2)CC1. The van der Waals surface area contributed by atoms with E-state index in [4.69, 9.17) is 10.5 Å². The standard InChI is InChI=1S/C17H25N2O2/c1-17(2,3)21-16(20)19-9-7-14(8-10-19)15-6-4-5-13(11-15)12-18/h4-6,11H,7-10,12,18H2,1-3H3. The van der Waals surface area contributed by atoms with Crippen LogP contribution in [0.3, 0.4) is 0 Å². The van der Waals surface area contributed by atoms with Gasteiger partial charge in [0.2, 0.25) is 0 Å². The maximum atomic E-state index is 12.0. The van der Waals surface area contributed by atoms with Crippen LogP contribution in [0.5, 0.6) is 0 Å². The summed E-state index contributed by atoms with van der Waals surface area (Å²) >= 11 is 0. The molecule has 1 heterocycles. The molecule has 1 aliphatic heterocycles. The first-order chi connectivity index (χ1) is 9.89. The second kappa shape index (κ2) is 6.48. The van der Waals surface area contributed by atoms with Gasteiger partial charge >= 0.3 is 6.09 Å². The van der Waals surface area contributed by atoms with Gasteiger partial charge in [0.1, 0.15) is 5.60 Å². The molecule has 0 atom stereocenters. The monoisotopic (exact) mass is 289 g/mol. The third-order valence-corrected chi connectivity index (χ3v) is 3.59. The Bertz CT molecular complexity index is 486. The molecule has 1 aliphatic rings. The van der Waals surface area contributed by atoms with Crippen molar-refractivity contribution in [2.24, 2.45) is 5.73 Å². The lowest BCUT2D eigenvalue weighted by molar-refractivity contribution is 0.0228. The molecule has 115 valence electrons. The highest BCUT2D eigenvalue weighted by molar-refractivity contribution is 5.68. The highest BCUT2D eigenvalue weighted by Gasteiger charge is 2.27. The van der Waals surface area contributed by atoms with Crippen LogP contribution in [0.4, 0.5) is 4.79 Å². The van der Waals surface area contributed by atoms with E-state index in [1.54, 1.807) is 4.90 Å². The van der Waals surface area contributed by atoms with Crippen molar-refractivity contribution in [2.75, 3.05) is 13.1 Å². The molecule has 0 spiro atoms. The van der Waals surface area contributed by atoms with E-state index in [9.17, 15) is 4.79 Å².